The second-order valence-corrected chi connectivity index (χ2v) is 7.34. The quantitative estimate of drug-likeness (QED) is 0.513. The Bertz CT molecular complexity index is 1130. The molecular weight excluding hydrogens is 436 g/mol. The number of anilines is 1. The van der Waals surface area contributed by atoms with E-state index >= 15 is 0 Å². The molecule has 1 aliphatic carbocycles. The summed E-state index contributed by atoms with van der Waals surface area (Å²) < 4.78 is 30.8. The Balaban J connectivity index is 0.00000256. The molecule has 0 saturated carbocycles. The topological polar surface area (TPSA) is 107 Å². The van der Waals surface area contributed by atoms with Gasteiger partial charge in [0.15, 0.2) is 5.95 Å². The van der Waals surface area contributed by atoms with E-state index in [9.17, 15) is 13.6 Å². The SMILES string of the molecule is Cl.Nc1ncc(CCC(=O)Nn2cnn(C3CCc4c(F)cc(F)cc4C3)c2=S)[nH]1. The van der Waals surface area contributed by atoms with E-state index in [4.69, 9.17) is 18.0 Å². The van der Waals surface area contributed by atoms with Gasteiger partial charge < -0.3 is 10.7 Å². The van der Waals surface area contributed by atoms with E-state index in [0.717, 1.165) is 11.8 Å². The normalized spacial score (nSPS) is 15.3. The van der Waals surface area contributed by atoms with Gasteiger partial charge >= 0.3 is 0 Å². The summed E-state index contributed by atoms with van der Waals surface area (Å²) in [6.07, 6.45) is 5.19. The number of nitrogens with two attached hydrogens (primary N) is 1. The van der Waals surface area contributed by atoms with E-state index in [1.165, 1.54) is 17.1 Å². The summed E-state index contributed by atoms with van der Waals surface area (Å²) >= 11 is 5.42. The van der Waals surface area contributed by atoms with Crippen molar-refractivity contribution < 1.29 is 13.6 Å². The maximum Gasteiger partial charge on any atom is 0.239 e. The van der Waals surface area contributed by atoms with Crippen molar-refractivity contribution in [1.29, 1.82) is 0 Å². The number of aromatic nitrogens is 5. The third-order valence-electron chi connectivity index (χ3n) is 4.99. The number of nitrogens with zero attached hydrogens (tertiary/aromatic N) is 4. The fourth-order valence-corrected chi connectivity index (χ4v) is 3.87. The van der Waals surface area contributed by atoms with Gasteiger partial charge in [0.2, 0.25) is 10.7 Å². The van der Waals surface area contributed by atoms with Crippen LogP contribution in [0.25, 0.3) is 0 Å². The van der Waals surface area contributed by atoms with Crippen LogP contribution in [0.4, 0.5) is 14.7 Å². The Hall–Kier alpha value is -2.79. The van der Waals surface area contributed by atoms with Gasteiger partial charge in [-0.05, 0) is 55.1 Å². The number of carbonyl (C=O) groups excluding carboxylic acids is 1. The molecule has 0 aliphatic heterocycles. The largest absolute Gasteiger partial charge is 0.369 e. The lowest BCUT2D eigenvalue weighted by Crippen LogP contribution is -2.24. The van der Waals surface area contributed by atoms with Crippen LogP contribution in [0.3, 0.4) is 0 Å². The van der Waals surface area contributed by atoms with Gasteiger partial charge in [-0.15, -0.1) is 12.4 Å². The molecule has 2 aromatic heterocycles. The van der Waals surface area contributed by atoms with Gasteiger partial charge in [0.1, 0.15) is 18.0 Å². The molecule has 1 atom stereocenters. The van der Waals surface area contributed by atoms with Crippen molar-refractivity contribution in [3.05, 3.63) is 57.9 Å². The minimum Gasteiger partial charge on any atom is -0.369 e. The molecule has 1 amide bonds. The number of H-pyrrole nitrogens is 1. The molecule has 1 aliphatic rings. The molecule has 12 heteroatoms. The highest BCUT2D eigenvalue weighted by molar-refractivity contribution is 7.71. The molecule has 1 unspecified atom stereocenters. The van der Waals surface area contributed by atoms with Crippen molar-refractivity contribution in [2.45, 2.75) is 38.1 Å². The summed E-state index contributed by atoms with van der Waals surface area (Å²) in [6, 6.07) is 2.13. The molecule has 4 rings (SSSR count). The third-order valence-corrected chi connectivity index (χ3v) is 5.37. The zero-order valence-corrected chi connectivity index (χ0v) is 17.4. The zero-order chi connectivity index (χ0) is 20.5. The van der Waals surface area contributed by atoms with Gasteiger partial charge in [-0.2, -0.15) is 5.10 Å². The second kappa shape index (κ2) is 8.92. The molecule has 30 heavy (non-hydrogen) atoms. The number of aromatic amines is 1. The molecule has 0 fully saturated rings. The molecule has 0 radical (unpaired) electrons. The van der Waals surface area contributed by atoms with Crippen LogP contribution in [-0.2, 0) is 24.1 Å². The molecule has 1 aromatic carbocycles. The lowest BCUT2D eigenvalue weighted by Gasteiger charge is -2.25. The highest BCUT2D eigenvalue weighted by Crippen LogP contribution is 2.31. The number of carbonyl (C=O) groups is 1. The summed E-state index contributed by atoms with van der Waals surface area (Å²) in [5.74, 6) is -1.05. The number of halogens is 3. The Morgan fingerprint density at radius 2 is 2.20 bits per heavy atom. The average Bonchev–Trinajstić information content (AvgIpc) is 3.25. The van der Waals surface area contributed by atoms with E-state index in [1.54, 1.807) is 10.9 Å². The van der Waals surface area contributed by atoms with Crippen molar-refractivity contribution >= 4 is 36.5 Å². The molecule has 0 saturated heterocycles. The number of rotatable bonds is 5. The van der Waals surface area contributed by atoms with Crippen LogP contribution in [-0.4, -0.2) is 30.3 Å². The summed E-state index contributed by atoms with van der Waals surface area (Å²) in [4.78, 5) is 18.9. The van der Waals surface area contributed by atoms with Crippen LogP contribution in [0.2, 0.25) is 0 Å². The second-order valence-electron chi connectivity index (χ2n) is 6.98. The summed E-state index contributed by atoms with van der Waals surface area (Å²) in [5, 5.41) is 4.27. The predicted molar refractivity (Wildman–Crippen MR) is 111 cm³/mol. The van der Waals surface area contributed by atoms with Crippen LogP contribution < -0.4 is 11.2 Å². The van der Waals surface area contributed by atoms with E-state index < -0.39 is 11.6 Å². The lowest BCUT2D eigenvalue weighted by molar-refractivity contribution is -0.117. The molecule has 0 bridgehead atoms. The minimum atomic E-state index is -0.595. The van der Waals surface area contributed by atoms with Gasteiger partial charge in [-0.1, -0.05) is 0 Å². The van der Waals surface area contributed by atoms with Crippen LogP contribution in [0.15, 0.2) is 24.7 Å². The first-order chi connectivity index (χ1) is 13.9. The smallest absolute Gasteiger partial charge is 0.239 e. The van der Waals surface area contributed by atoms with Gasteiger partial charge in [0, 0.05) is 18.2 Å². The highest BCUT2D eigenvalue weighted by Gasteiger charge is 2.25. The Morgan fingerprint density at radius 3 is 2.93 bits per heavy atom. The number of hydrogen-bond acceptors (Lipinski definition) is 5. The third kappa shape index (κ3) is 4.51. The number of nitrogen functional groups attached to an aromatic ring is 1. The first-order valence-electron chi connectivity index (χ1n) is 9.13. The number of nitrogens with one attached hydrogen (secondary N) is 2. The van der Waals surface area contributed by atoms with Gasteiger partial charge in [-0.25, -0.2) is 23.1 Å². The van der Waals surface area contributed by atoms with Gasteiger partial charge in [0.05, 0.1) is 12.2 Å². The minimum absolute atomic E-state index is 0. The Kier molecular flexibility index (Phi) is 6.52. The monoisotopic (exact) mass is 455 g/mol. The van der Waals surface area contributed by atoms with Crippen LogP contribution >= 0.6 is 24.6 Å². The molecule has 0 spiro atoms. The van der Waals surface area contributed by atoms with Crippen molar-refractivity contribution in [1.82, 2.24) is 24.4 Å². The molecule has 3 aromatic rings. The highest BCUT2D eigenvalue weighted by atomic mass is 35.5. The predicted octanol–water partition coefficient (Wildman–Crippen LogP) is 2.85. The number of fused-ring (bicyclic) bond motifs is 1. The number of imidazole rings is 1. The zero-order valence-electron chi connectivity index (χ0n) is 15.8. The first-order valence-corrected chi connectivity index (χ1v) is 9.53. The molecule has 8 nitrogen and oxygen atoms in total. The number of aryl methyl sites for hydroxylation is 1. The summed E-state index contributed by atoms with van der Waals surface area (Å²) in [6.45, 7) is 0. The van der Waals surface area contributed by atoms with Crippen LogP contribution in [0, 0.1) is 16.4 Å². The summed E-state index contributed by atoms with van der Waals surface area (Å²) in [7, 11) is 0. The summed E-state index contributed by atoms with van der Waals surface area (Å²) in [5.41, 5.74) is 10.1. The van der Waals surface area contributed by atoms with Crippen molar-refractivity contribution in [2.24, 2.45) is 0 Å². The Labute approximate surface area is 181 Å². The van der Waals surface area contributed by atoms with Crippen LogP contribution in [0.1, 0.15) is 35.7 Å². The van der Waals surface area contributed by atoms with E-state index in [2.05, 4.69) is 20.5 Å². The van der Waals surface area contributed by atoms with Crippen molar-refractivity contribution in [3.63, 3.8) is 0 Å². The van der Waals surface area contributed by atoms with Crippen molar-refractivity contribution in [3.8, 4) is 0 Å². The molecule has 4 N–H and O–H groups in total. The fourth-order valence-electron chi connectivity index (χ4n) is 3.58. The van der Waals surface area contributed by atoms with E-state index in [-0.39, 0.29) is 30.8 Å². The number of amides is 1. The number of benzene rings is 1. The first kappa shape index (κ1) is 21.9. The fraction of sp³-hybridized carbons (Fsp3) is 0.333. The van der Waals surface area contributed by atoms with Gasteiger partial charge in [-0.3, -0.25) is 10.2 Å². The van der Waals surface area contributed by atoms with Crippen molar-refractivity contribution in [2.75, 3.05) is 11.2 Å². The van der Waals surface area contributed by atoms with Gasteiger partial charge in [0.25, 0.3) is 0 Å². The maximum atomic E-state index is 13.9. The number of hydrogen-bond donors (Lipinski definition) is 3. The molecular formula is C18H20ClF2N7OS. The molecule has 2 heterocycles. The van der Waals surface area contributed by atoms with Crippen LogP contribution in [0.5, 0.6) is 0 Å². The standard InChI is InChI=1S/C18H19F2N7OS.ClH/c19-11-5-10-6-13(2-3-14(10)15(20)7-11)27-18(29)26(9-23-27)25-16(28)4-1-12-8-22-17(21)24-12;/h5,7-9,13H,1-4,6H2,(H,25,28)(H3,21,22,24);1H. The Morgan fingerprint density at radius 1 is 1.40 bits per heavy atom. The maximum absolute atomic E-state index is 13.9. The average molecular weight is 456 g/mol. The van der Waals surface area contributed by atoms with E-state index in [0.29, 0.717) is 47.5 Å². The lowest BCUT2D eigenvalue weighted by atomic mass is 9.88. The molecule has 160 valence electrons. The van der Waals surface area contributed by atoms with E-state index in [1.807, 2.05) is 0 Å².